The topological polar surface area (TPSA) is 34.1 Å². The van der Waals surface area contributed by atoms with Crippen LogP contribution in [0.2, 0.25) is 0 Å². The van der Waals surface area contributed by atoms with E-state index in [4.69, 9.17) is 0 Å². The largest absolute Gasteiger partial charge is 0.229 e. The van der Waals surface area contributed by atoms with Gasteiger partial charge in [-0.25, -0.2) is 8.42 Å². The first kappa shape index (κ1) is 14.4. The molecule has 0 heterocycles. The molecule has 1 atom stereocenters. The summed E-state index contributed by atoms with van der Waals surface area (Å²) in [6, 6.07) is 0. The van der Waals surface area contributed by atoms with E-state index in [0.717, 1.165) is 5.33 Å². The van der Waals surface area contributed by atoms with Crippen LogP contribution >= 0.6 is 15.9 Å². The van der Waals surface area contributed by atoms with Gasteiger partial charge < -0.3 is 0 Å². The third-order valence-electron chi connectivity index (χ3n) is 2.20. The lowest BCUT2D eigenvalue weighted by Crippen LogP contribution is -2.25. The van der Waals surface area contributed by atoms with Crippen LogP contribution in [0.1, 0.15) is 27.7 Å². The van der Waals surface area contributed by atoms with Crippen molar-refractivity contribution in [1.29, 1.82) is 0 Å². The average Bonchev–Trinajstić information content (AvgIpc) is 1.97. The Morgan fingerprint density at radius 1 is 1.07 bits per heavy atom. The molecule has 14 heavy (non-hydrogen) atoms. The molecule has 0 bridgehead atoms. The molecule has 0 aromatic carbocycles. The Morgan fingerprint density at radius 2 is 1.57 bits per heavy atom. The number of alkyl halides is 1. The molecule has 0 radical (unpaired) electrons. The lowest BCUT2D eigenvalue weighted by atomic mass is 10.0. The second-order valence-electron chi connectivity index (χ2n) is 4.63. The molecule has 0 aliphatic heterocycles. The van der Waals surface area contributed by atoms with Crippen LogP contribution in [0.25, 0.3) is 0 Å². The highest BCUT2D eigenvalue weighted by atomic mass is 79.9. The molecule has 0 aromatic heterocycles. The summed E-state index contributed by atoms with van der Waals surface area (Å²) in [6.45, 7) is 8.01. The first-order valence-corrected chi connectivity index (χ1v) is 7.99. The predicted octanol–water partition coefficient (Wildman–Crippen LogP) is 2.72. The van der Waals surface area contributed by atoms with Gasteiger partial charge in [-0.2, -0.15) is 0 Å². The van der Waals surface area contributed by atoms with E-state index in [1.54, 1.807) is 0 Å². The van der Waals surface area contributed by atoms with Crippen molar-refractivity contribution in [2.24, 2.45) is 17.8 Å². The van der Waals surface area contributed by atoms with Crippen LogP contribution in [0.3, 0.4) is 0 Å². The van der Waals surface area contributed by atoms with Crippen molar-refractivity contribution < 1.29 is 8.42 Å². The minimum Gasteiger partial charge on any atom is -0.229 e. The Labute approximate surface area is 96.5 Å². The molecule has 0 saturated heterocycles. The molecule has 0 amide bonds. The number of halogens is 1. The third kappa shape index (κ3) is 6.02. The van der Waals surface area contributed by atoms with Crippen molar-refractivity contribution in [3.05, 3.63) is 0 Å². The maximum atomic E-state index is 11.7. The van der Waals surface area contributed by atoms with Crippen LogP contribution in [0, 0.1) is 17.8 Å². The maximum absolute atomic E-state index is 11.7. The fourth-order valence-electron chi connectivity index (χ4n) is 1.32. The number of rotatable bonds is 6. The summed E-state index contributed by atoms with van der Waals surface area (Å²) in [6.07, 6.45) is 0. The zero-order chi connectivity index (χ0) is 11.4. The van der Waals surface area contributed by atoms with E-state index >= 15 is 0 Å². The fraction of sp³-hybridized carbons (Fsp3) is 1.00. The lowest BCUT2D eigenvalue weighted by molar-refractivity contribution is 0.460. The molecule has 0 saturated carbocycles. The van der Waals surface area contributed by atoms with Gasteiger partial charge in [-0.05, 0) is 17.8 Å². The van der Waals surface area contributed by atoms with Crippen molar-refractivity contribution in [2.75, 3.05) is 16.8 Å². The Balaban J connectivity index is 4.33. The molecule has 2 nitrogen and oxygen atoms in total. The van der Waals surface area contributed by atoms with Gasteiger partial charge in [0.05, 0.1) is 11.5 Å². The SMILES string of the molecule is CC(C)CS(=O)(=O)CC(CBr)C(C)C. The van der Waals surface area contributed by atoms with Gasteiger partial charge in [-0.15, -0.1) is 0 Å². The third-order valence-corrected chi connectivity index (χ3v) is 5.14. The van der Waals surface area contributed by atoms with E-state index in [2.05, 4.69) is 29.8 Å². The van der Waals surface area contributed by atoms with Crippen LogP contribution in [-0.2, 0) is 9.84 Å². The van der Waals surface area contributed by atoms with Crippen LogP contribution in [0.5, 0.6) is 0 Å². The molecule has 0 spiro atoms. The minimum atomic E-state index is -2.87. The van der Waals surface area contributed by atoms with Gasteiger partial charge in [-0.1, -0.05) is 43.6 Å². The molecular weight excluding hydrogens is 264 g/mol. The molecular formula is C10H21BrO2S. The summed E-state index contributed by atoms with van der Waals surface area (Å²) in [5.74, 6) is 1.50. The highest BCUT2D eigenvalue weighted by molar-refractivity contribution is 9.09. The zero-order valence-corrected chi connectivity index (χ0v) is 11.9. The molecule has 4 heteroatoms. The Hall–Kier alpha value is 0.430. The Morgan fingerprint density at radius 3 is 1.86 bits per heavy atom. The molecule has 0 fully saturated rings. The minimum absolute atomic E-state index is 0.225. The summed E-state index contributed by atoms with van der Waals surface area (Å²) >= 11 is 3.37. The van der Waals surface area contributed by atoms with Crippen LogP contribution in [-0.4, -0.2) is 25.3 Å². The van der Waals surface area contributed by atoms with E-state index in [1.807, 2.05) is 13.8 Å². The summed E-state index contributed by atoms with van der Waals surface area (Å²) in [5, 5.41) is 0.766. The summed E-state index contributed by atoms with van der Waals surface area (Å²) in [5.41, 5.74) is 0. The first-order chi connectivity index (χ1) is 6.28. The molecule has 0 N–H and O–H groups in total. The second-order valence-corrected chi connectivity index (χ2v) is 7.43. The van der Waals surface area contributed by atoms with Gasteiger partial charge in [0.15, 0.2) is 9.84 Å². The van der Waals surface area contributed by atoms with Gasteiger partial charge >= 0.3 is 0 Å². The van der Waals surface area contributed by atoms with Crippen molar-refractivity contribution in [3.63, 3.8) is 0 Å². The van der Waals surface area contributed by atoms with Gasteiger partial charge in [0, 0.05) is 5.33 Å². The van der Waals surface area contributed by atoms with Crippen LogP contribution in [0.15, 0.2) is 0 Å². The molecule has 0 aromatic rings. The summed E-state index contributed by atoms with van der Waals surface area (Å²) in [7, 11) is -2.87. The van der Waals surface area contributed by atoms with Crippen LogP contribution in [0.4, 0.5) is 0 Å². The normalized spacial score (nSPS) is 15.1. The molecule has 0 rings (SSSR count). The predicted molar refractivity (Wildman–Crippen MR) is 65.6 cm³/mol. The van der Waals surface area contributed by atoms with Crippen molar-refractivity contribution in [1.82, 2.24) is 0 Å². The lowest BCUT2D eigenvalue weighted by Gasteiger charge is -2.18. The first-order valence-electron chi connectivity index (χ1n) is 5.05. The van der Waals surface area contributed by atoms with E-state index in [1.165, 1.54) is 0 Å². The zero-order valence-electron chi connectivity index (χ0n) is 9.46. The van der Waals surface area contributed by atoms with Gasteiger partial charge in [0.25, 0.3) is 0 Å². The Kier molecular flexibility index (Phi) is 6.30. The highest BCUT2D eigenvalue weighted by Crippen LogP contribution is 2.17. The van der Waals surface area contributed by atoms with E-state index in [-0.39, 0.29) is 11.8 Å². The van der Waals surface area contributed by atoms with Gasteiger partial charge in [-0.3, -0.25) is 0 Å². The smallest absolute Gasteiger partial charge is 0.150 e. The molecule has 0 aliphatic rings. The standard InChI is InChI=1S/C10H21BrO2S/c1-8(2)6-14(12,13)7-10(5-11)9(3)4/h8-10H,5-7H2,1-4H3. The molecule has 1 unspecified atom stereocenters. The summed E-state index contributed by atoms with van der Waals surface area (Å²) < 4.78 is 23.4. The maximum Gasteiger partial charge on any atom is 0.150 e. The van der Waals surface area contributed by atoms with Crippen molar-refractivity contribution in [3.8, 4) is 0 Å². The summed E-state index contributed by atoms with van der Waals surface area (Å²) in [4.78, 5) is 0. The quantitative estimate of drug-likeness (QED) is 0.703. The van der Waals surface area contributed by atoms with Crippen LogP contribution < -0.4 is 0 Å². The van der Waals surface area contributed by atoms with Crippen molar-refractivity contribution >= 4 is 25.8 Å². The van der Waals surface area contributed by atoms with E-state index in [9.17, 15) is 8.42 Å². The monoisotopic (exact) mass is 284 g/mol. The van der Waals surface area contributed by atoms with E-state index < -0.39 is 9.84 Å². The molecule has 86 valence electrons. The van der Waals surface area contributed by atoms with E-state index in [0.29, 0.717) is 17.4 Å². The van der Waals surface area contributed by atoms with Crippen molar-refractivity contribution in [2.45, 2.75) is 27.7 Å². The fourth-order valence-corrected chi connectivity index (χ4v) is 4.90. The molecule has 0 aliphatic carbocycles. The van der Waals surface area contributed by atoms with Gasteiger partial charge in [0.2, 0.25) is 0 Å². The number of hydrogen-bond acceptors (Lipinski definition) is 2. The average molecular weight is 285 g/mol. The number of sulfone groups is 1. The number of hydrogen-bond donors (Lipinski definition) is 0. The second kappa shape index (κ2) is 6.11. The Bertz CT molecular complexity index is 245. The highest BCUT2D eigenvalue weighted by Gasteiger charge is 2.21. The van der Waals surface area contributed by atoms with Gasteiger partial charge in [0.1, 0.15) is 0 Å².